The number of anilines is 2. The van der Waals surface area contributed by atoms with Crippen molar-refractivity contribution < 1.29 is 0 Å². The van der Waals surface area contributed by atoms with Gasteiger partial charge in [0, 0.05) is 6.04 Å². The molecule has 0 spiro atoms. The van der Waals surface area contributed by atoms with Crippen LogP contribution in [0.4, 0.5) is 11.5 Å². The van der Waals surface area contributed by atoms with E-state index in [1.165, 1.54) is 12.8 Å². The molecule has 0 radical (unpaired) electrons. The molecule has 0 aromatic carbocycles. The van der Waals surface area contributed by atoms with Gasteiger partial charge in [0.15, 0.2) is 0 Å². The van der Waals surface area contributed by atoms with Crippen LogP contribution in [0.15, 0.2) is 12.1 Å². The number of hydrogen-bond donors (Lipinski definition) is 2. The number of aryl methyl sites for hydroxylation is 1. The first-order valence-corrected chi connectivity index (χ1v) is 5.83. The van der Waals surface area contributed by atoms with Crippen molar-refractivity contribution in [3.8, 4) is 0 Å². The van der Waals surface area contributed by atoms with Crippen molar-refractivity contribution in [1.29, 1.82) is 0 Å². The standard InChI is InChI=1S/C12H20N4/c1-9-11(13)3-4-12(14-9)15-10-5-7-16(2)8-6-10/h3-4,10H,5-8,13H2,1-2H3,(H,14,15). The summed E-state index contributed by atoms with van der Waals surface area (Å²) in [5.41, 5.74) is 7.40. The van der Waals surface area contributed by atoms with Crippen molar-refractivity contribution in [2.45, 2.75) is 25.8 Å². The van der Waals surface area contributed by atoms with Crippen LogP contribution in [0, 0.1) is 6.92 Å². The summed E-state index contributed by atoms with van der Waals surface area (Å²) in [5, 5.41) is 3.48. The molecule has 0 unspecified atom stereocenters. The van der Waals surface area contributed by atoms with Gasteiger partial charge in [0.1, 0.15) is 5.82 Å². The number of nitrogens with one attached hydrogen (secondary N) is 1. The molecule has 0 amide bonds. The number of aromatic nitrogens is 1. The molecule has 2 heterocycles. The molecule has 1 aromatic heterocycles. The van der Waals surface area contributed by atoms with E-state index in [-0.39, 0.29) is 0 Å². The second kappa shape index (κ2) is 4.70. The van der Waals surface area contributed by atoms with Gasteiger partial charge in [-0.2, -0.15) is 0 Å². The highest BCUT2D eigenvalue weighted by molar-refractivity contribution is 5.49. The molecule has 2 rings (SSSR count). The fraction of sp³-hybridized carbons (Fsp3) is 0.583. The molecular formula is C12H20N4. The summed E-state index contributed by atoms with van der Waals surface area (Å²) in [6.45, 7) is 4.26. The third-order valence-corrected chi connectivity index (χ3v) is 3.20. The van der Waals surface area contributed by atoms with E-state index in [0.717, 1.165) is 30.3 Å². The molecule has 0 saturated carbocycles. The van der Waals surface area contributed by atoms with E-state index in [9.17, 15) is 0 Å². The number of nitrogen functional groups attached to an aromatic ring is 1. The lowest BCUT2D eigenvalue weighted by Gasteiger charge is -2.29. The quantitative estimate of drug-likeness (QED) is 0.792. The molecule has 16 heavy (non-hydrogen) atoms. The Morgan fingerprint density at radius 1 is 1.38 bits per heavy atom. The Bertz CT molecular complexity index is 356. The summed E-state index contributed by atoms with van der Waals surface area (Å²) in [4.78, 5) is 6.80. The number of nitrogens with two attached hydrogens (primary N) is 1. The van der Waals surface area contributed by atoms with E-state index in [2.05, 4.69) is 22.2 Å². The van der Waals surface area contributed by atoms with Gasteiger partial charge in [-0.15, -0.1) is 0 Å². The minimum Gasteiger partial charge on any atom is -0.397 e. The molecule has 4 heteroatoms. The molecule has 1 aliphatic heterocycles. The van der Waals surface area contributed by atoms with E-state index < -0.39 is 0 Å². The average Bonchev–Trinajstić information content (AvgIpc) is 2.27. The number of rotatable bonds is 2. The predicted octanol–water partition coefficient (Wildman–Crippen LogP) is 1.48. The van der Waals surface area contributed by atoms with Gasteiger partial charge in [-0.1, -0.05) is 0 Å². The van der Waals surface area contributed by atoms with Gasteiger partial charge in [0.25, 0.3) is 0 Å². The Kier molecular flexibility index (Phi) is 3.29. The molecule has 3 N–H and O–H groups in total. The Hall–Kier alpha value is -1.29. The highest BCUT2D eigenvalue weighted by Gasteiger charge is 2.16. The van der Waals surface area contributed by atoms with Crippen LogP contribution in [0.3, 0.4) is 0 Å². The van der Waals surface area contributed by atoms with Crippen molar-refractivity contribution in [3.05, 3.63) is 17.8 Å². The van der Waals surface area contributed by atoms with E-state index in [1.807, 2.05) is 19.1 Å². The topological polar surface area (TPSA) is 54.2 Å². The largest absolute Gasteiger partial charge is 0.397 e. The molecule has 1 aromatic rings. The smallest absolute Gasteiger partial charge is 0.126 e. The summed E-state index contributed by atoms with van der Waals surface area (Å²) >= 11 is 0. The number of likely N-dealkylation sites (tertiary alicyclic amines) is 1. The lowest BCUT2D eigenvalue weighted by molar-refractivity contribution is 0.263. The molecule has 0 aliphatic carbocycles. The van der Waals surface area contributed by atoms with Crippen LogP contribution in [0.5, 0.6) is 0 Å². The zero-order chi connectivity index (χ0) is 11.5. The molecule has 0 bridgehead atoms. The van der Waals surface area contributed by atoms with Crippen molar-refractivity contribution in [2.75, 3.05) is 31.2 Å². The molecule has 1 saturated heterocycles. The maximum Gasteiger partial charge on any atom is 0.126 e. The number of pyridine rings is 1. The van der Waals surface area contributed by atoms with E-state index in [1.54, 1.807) is 0 Å². The van der Waals surface area contributed by atoms with Crippen LogP contribution in [0.1, 0.15) is 18.5 Å². The Balaban J connectivity index is 1.96. The van der Waals surface area contributed by atoms with Gasteiger partial charge < -0.3 is 16.0 Å². The fourth-order valence-corrected chi connectivity index (χ4v) is 2.01. The highest BCUT2D eigenvalue weighted by atomic mass is 15.1. The van der Waals surface area contributed by atoms with Crippen LogP contribution in [0.25, 0.3) is 0 Å². The molecule has 1 aliphatic rings. The second-order valence-electron chi connectivity index (χ2n) is 4.59. The van der Waals surface area contributed by atoms with E-state index >= 15 is 0 Å². The van der Waals surface area contributed by atoms with Gasteiger partial charge in [0.05, 0.1) is 11.4 Å². The highest BCUT2D eigenvalue weighted by Crippen LogP contribution is 2.16. The van der Waals surface area contributed by atoms with E-state index in [0.29, 0.717) is 6.04 Å². The first kappa shape index (κ1) is 11.2. The molecular weight excluding hydrogens is 200 g/mol. The van der Waals surface area contributed by atoms with Crippen molar-refractivity contribution in [3.63, 3.8) is 0 Å². The lowest BCUT2D eigenvalue weighted by Crippen LogP contribution is -2.36. The van der Waals surface area contributed by atoms with Crippen molar-refractivity contribution >= 4 is 11.5 Å². The summed E-state index contributed by atoms with van der Waals surface area (Å²) in [6, 6.07) is 4.42. The summed E-state index contributed by atoms with van der Waals surface area (Å²) in [6.07, 6.45) is 2.36. The lowest BCUT2D eigenvalue weighted by atomic mass is 10.1. The maximum atomic E-state index is 5.74. The van der Waals surface area contributed by atoms with Gasteiger partial charge in [-0.05, 0) is 52.0 Å². The summed E-state index contributed by atoms with van der Waals surface area (Å²) in [5.74, 6) is 0.946. The Morgan fingerprint density at radius 2 is 2.06 bits per heavy atom. The zero-order valence-electron chi connectivity index (χ0n) is 10.0. The number of nitrogens with zero attached hydrogens (tertiary/aromatic N) is 2. The monoisotopic (exact) mass is 220 g/mol. The third-order valence-electron chi connectivity index (χ3n) is 3.20. The fourth-order valence-electron chi connectivity index (χ4n) is 2.01. The van der Waals surface area contributed by atoms with Gasteiger partial charge in [-0.3, -0.25) is 0 Å². The van der Waals surface area contributed by atoms with Crippen LogP contribution < -0.4 is 11.1 Å². The van der Waals surface area contributed by atoms with Gasteiger partial charge >= 0.3 is 0 Å². The van der Waals surface area contributed by atoms with Gasteiger partial charge in [0.2, 0.25) is 0 Å². The van der Waals surface area contributed by atoms with Crippen molar-refractivity contribution in [2.24, 2.45) is 0 Å². The molecule has 4 nitrogen and oxygen atoms in total. The van der Waals surface area contributed by atoms with Crippen LogP contribution in [0.2, 0.25) is 0 Å². The first-order chi connectivity index (χ1) is 7.65. The van der Waals surface area contributed by atoms with Crippen molar-refractivity contribution in [1.82, 2.24) is 9.88 Å². The zero-order valence-corrected chi connectivity index (χ0v) is 10.0. The molecule has 1 fully saturated rings. The average molecular weight is 220 g/mol. The van der Waals surface area contributed by atoms with Gasteiger partial charge in [-0.25, -0.2) is 4.98 Å². The summed E-state index contributed by atoms with van der Waals surface area (Å²) in [7, 11) is 2.17. The molecule has 0 atom stereocenters. The second-order valence-corrected chi connectivity index (χ2v) is 4.59. The Morgan fingerprint density at radius 3 is 2.69 bits per heavy atom. The Labute approximate surface area is 96.8 Å². The third kappa shape index (κ3) is 2.64. The molecule has 88 valence electrons. The first-order valence-electron chi connectivity index (χ1n) is 5.83. The maximum absolute atomic E-state index is 5.74. The van der Waals surface area contributed by atoms with Crippen LogP contribution in [-0.4, -0.2) is 36.1 Å². The van der Waals surface area contributed by atoms with Crippen LogP contribution >= 0.6 is 0 Å². The number of hydrogen-bond acceptors (Lipinski definition) is 4. The normalized spacial score (nSPS) is 18.6. The minimum absolute atomic E-state index is 0.548. The van der Waals surface area contributed by atoms with Crippen LogP contribution in [-0.2, 0) is 0 Å². The van der Waals surface area contributed by atoms with E-state index in [4.69, 9.17) is 5.73 Å². The predicted molar refractivity (Wildman–Crippen MR) is 67.5 cm³/mol. The minimum atomic E-state index is 0.548. The number of piperidine rings is 1. The summed E-state index contributed by atoms with van der Waals surface area (Å²) < 4.78 is 0. The SMILES string of the molecule is Cc1nc(NC2CCN(C)CC2)ccc1N.